The van der Waals surface area contributed by atoms with E-state index in [1.54, 1.807) is 0 Å². The number of nitrogens with one attached hydrogen (secondary N) is 2. The summed E-state index contributed by atoms with van der Waals surface area (Å²) in [6.45, 7) is 13.9. The summed E-state index contributed by atoms with van der Waals surface area (Å²) in [7, 11) is 0. The van der Waals surface area contributed by atoms with E-state index in [1.165, 1.54) is 0 Å². The highest BCUT2D eigenvalue weighted by atomic mass is 16.5. The molecule has 1 aromatic rings. The van der Waals surface area contributed by atoms with E-state index in [0.29, 0.717) is 0 Å². The van der Waals surface area contributed by atoms with Crippen LogP contribution in [0, 0.1) is 0 Å². The molecule has 0 fully saturated rings. The van der Waals surface area contributed by atoms with E-state index < -0.39 is 0 Å². The molecule has 0 bridgehead atoms. The second-order valence-electron chi connectivity index (χ2n) is 6.12. The van der Waals surface area contributed by atoms with Crippen LogP contribution >= 0.6 is 0 Å². The molecule has 21 heavy (non-hydrogen) atoms. The lowest BCUT2D eigenvalue weighted by Crippen LogP contribution is -2.19. The molecule has 0 aliphatic carbocycles. The Morgan fingerprint density at radius 2 is 1.67 bits per heavy atom. The Balaban J connectivity index is 2.72. The van der Waals surface area contributed by atoms with Crippen LogP contribution in [0.3, 0.4) is 0 Å². The number of hydrogen-bond acceptors (Lipinski definition) is 5. The van der Waals surface area contributed by atoms with Crippen molar-refractivity contribution in [3.05, 3.63) is 11.9 Å². The number of hydrogen-bond donors (Lipinski definition) is 2. The molecule has 5 nitrogen and oxygen atoms in total. The van der Waals surface area contributed by atoms with E-state index in [4.69, 9.17) is 4.74 Å². The van der Waals surface area contributed by atoms with Crippen molar-refractivity contribution in [1.82, 2.24) is 9.97 Å². The fourth-order valence-electron chi connectivity index (χ4n) is 1.75. The van der Waals surface area contributed by atoms with Gasteiger partial charge in [0, 0.05) is 37.8 Å². The topological polar surface area (TPSA) is 59.1 Å². The molecule has 0 atom stereocenters. The standard InChI is InChI=1S/C16H30N4O/c1-6-9-17-13-12-14(18-10-8-11-21-7-2)20-15(19-13)16(3,4)5/h12H,6-11H2,1-5H3,(H2,17,18,19,20). The van der Waals surface area contributed by atoms with Gasteiger partial charge in [0.1, 0.15) is 17.5 Å². The maximum absolute atomic E-state index is 5.34. The summed E-state index contributed by atoms with van der Waals surface area (Å²) in [6.07, 6.45) is 2.05. The van der Waals surface area contributed by atoms with E-state index in [0.717, 1.165) is 56.6 Å². The van der Waals surface area contributed by atoms with Crippen molar-refractivity contribution in [1.29, 1.82) is 0 Å². The predicted octanol–water partition coefficient (Wildman–Crippen LogP) is 3.43. The van der Waals surface area contributed by atoms with Crippen LogP contribution in [0.1, 0.15) is 53.3 Å². The van der Waals surface area contributed by atoms with Gasteiger partial charge in [-0.05, 0) is 19.8 Å². The number of nitrogens with zero attached hydrogens (tertiary/aromatic N) is 2. The van der Waals surface area contributed by atoms with Gasteiger partial charge < -0.3 is 15.4 Å². The lowest BCUT2D eigenvalue weighted by atomic mass is 9.96. The zero-order chi connectivity index (χ0) is 15.7. The molecule has 0 unspecified atom stereocenters. The molecule has 0 saturated heterocycles. The van der Waals surface area contributed by atoms with Crippen molar-refractivity contribution < 1.29 is 4.74 Å². The molecule has 1 rings (SSSR count). The van der Waals surface area contributed by atoms with E-state index in [-0.39, 0.29) is 5.41 Å². The van der Waals surface area contributed by atoms with Crippen LogP contribution in [0.4, 0.5) is 11.6 Å². The van der Waals surface area contributed by atoms with Crippen molar-refractivity contribution in [2.75, 3.05) is 36.9 Å². The highest BCUT2D eigenvalue weighted by Crippen LogP contribution is 2.22. The third-order valence-electron chi connectivity index (χ3n) is 2.93. The van der Waals surface area contributed by atoms with Gasteiger partial charge in [-0.2, -0.15) is 0 Å². The SMILES string of the molecule is CCCNc1cc(NCCCOCC)nc(C(C)(C)C)n1. The van der Waals surface area contributed by atoms with Gasteiger partial charge in [-0.25, -0.2) is 9.97 Å². The van der Waals surface area contributed by atoms with Crippen LogP contribution in [0.5, 0.6) is 0 Å². The summed E-state index contributed by atoms with van der Waals surface area (Å²) in [5.74, 6) is 2.63. The summed E-state index contributed by atoms with van der Waals surface area (Å²) >= 11 is 0. The molecule has 5 heteroatoms. The van der Waals surface area contributed by atoms with Crippen molar-refractivity contribution in [3.63, 3.8) is 0 Å². The van der Waals surface area contributed by atoms with Crippen molar-refractivity contribution >= 4 is 11.6 Å². The maximum atomic E-state index is 5.34. The van der Waals surface area contributed by atoms with Crippen LogP contribution in [-0.4, -0.2) is 36.3 Å². The highest BCUT2D eigenvalue weighted by Gasteiger charge is 2.19. The second-order valence-corrected chi connectivity index (χ2v) is 6.12. The molecule has 0 radical (unpaired) electrons. The summed E-state index contributed by atoms with van der Waals surface area (Å²) in [5, 5.41) is 6.70. The van der Waals surface area contributed by atoms with Gasteiger partial charge in [-0.15, -0.1) is 0 Å². The average molecular weight is 294 g/mol. The molecule has 0 amide bonds. The number of anilines is 2. The molecule has 0 aliphatic heterocycles. The first-order valence-electron chi connectivity index (χ1n) is 7.92. The number of ether oxygens (including phenoxy) is 1. The summed E-state index contributed by atoms with van der Waals surface area (Å²) in [6, 6.07) is 1.98. The van der Waals surface area contributed by atoms with Crippen LogP contribution in [0.25, 0.3) is 0 Å². The van der Waals surface area contributed by atoms with Crippen LogP contribution in [-0.2, 0) is 10.2 Å². The first-order chi connectivity index (χ1) is 9.97. The van der Waals surface area contributed by atoms with Gasteiger partial charge in [0.25, 0.3) is 0 Å². The first kappa shape index (κ1) is 17.7. The monoisotopic (exact) mass is 294 g/mol. The van der Waals surface area contributed by atoms with Gasteiger partial charge in [0.2, 0.25) is 0 Å². The molecule has 0 aromatic carbocycles. The van der Waals surface area contributed by atoms with Crippen molar-refractivity contribution in [3.8, 4) is 0 Å². The summed E-state index contributed by atoms with van der Waals surface area (Å²) in [5.41, 5.74) is -0.0638. The Morgan fingerprint density at radius 3 is 2.19 bits per heavy atom. The zero-order valence-electron chi connectivity index (χ0n) is 14.1. The summed E-state index contributed by atoms with van der Waals surface area (Å²) < 4.78 is 5.34. The average Bonchev–Trinajstić information content (AvgIpc) is 2.44. The van der Waals surface area contributed by atoms with Crippen LogP contribution < -0.4 is 10.6 Å². The van der Waals surface area contributed by atoms with Gasteiger partial charge in [0.15, 0.2) is 0 Å². The first-order valence-corrected chi connectivity index (χ1v) is 7.92. The lowest BCUT2D eigenvalue weighted by molar-refractivity contribution is 0.147. The third kappa shape index (κ3) is 6.76. The van der Waals surface area contributed by atoms with Gasteiger partial charge in [-0.1, -0.05) is 27.7 Å². The zero-order valence-corrected chi connectivity index (χ0v) is 14.1. The molecule has 120 valence electrons. The Morgan fingerprint density at radius 1 is 1.05 bits per heavy atom. The molecule has 0 aliphatic rings. The molecular formula is C16H30N4O. The fourth-order valence-corrected chi connectivity index (χ4v) is 1.75. The minimum Gasteiger partial charge on any atom is -0.382 e. The second kappa shape index (κ2) is 8.82. The molecular weight excluding hydrogens is 264 g/mol. The lowest BCUT2D eigenvalue weighted by Gasteiger charge is -2.19. The number of aromatic nitrogens is 2. The van der Waals surface area contributed by atoms with E-state index in [2.05, 4.69) is 48.3 Å². The Labute approximate surface area is 128 Å². The van der Waals surface area contributed by atoms with Gasteiger partial charge in [-0.3, -0.25) is 0 Å². The molecule has 1 aromatic heterocycles. The summed E-state index contributed by atoms with van der Waals surface area (Å²) in [4.78, 5) is 9.24. The third-order valence-corrected chi connectivity index (χ3v) is 2.93. The quantitative estimate of drug-likeness (QED) is 0.683. The Kier molecular flexibility index (Phi) is 7.43. The number of rotatable bonds is 9. The molecule has 0 spiro atoms. The van der Waals surface area contributed by atoms with E-state index in [1.807, 2.05) is 13.0 Å². The van der Waals surface area contributed by atoms with Gasteiger partial charge in [0.05, 0.1) is 0 Å². The van der Waals surface area contributed by atoms with Crippen LogP contribution in [0.15, 0.2) is 6.07 Å². The smallest absolute Gasteiger partial charge is 0.138 e. The minimum absolute atomic E-state index is 0.0638. The molecule has 1 heterocycles. The Bertz CT molecular complexity index is 415. The van der Waals surface area contributed by atoms with Crippen LogP contribution in [0.2, 0.25) is 0 Å². The normalized spacial score (nSPS) is 11.5. The van der Waals surface area contributed by atoms with Crippen molar-refractivity contribution in [2.24, 2.45) is 0 Å². The van der Waals surface area contributed by atoms with Crippen molar-refractivity contribution in [2.45, 2.75) is 52.9 Å². The maximum Gasteiger partial charge on any atom is 0.138 e. The Hall–Kier alpha value is -1.36. The fraction of sp³-hybridized carbons (Fsp3) is 0.750. The molecule has 2 N–H and O–H groups in total. The van der Waals surface area contributed by atoms with E-state index in [9.17, 15) is 0 Å². The van der Waals surface area contributed by atoms with Gasteiger partial charge >= 0.3 is 0 Å². The largest absolute Gasteiger partial charge is 0.382 e. The van der Waals surface area contributed by atoms with E-state index >= 15 is 0 Å². The molecule has 0 saturated carbocycles. The predicted molar refractivity (Wildman–Crippen MR) is 89.1 cm³/mol. The highest BCUT2D eigenvalue weighted by molar-refractivity contribution is 5.48. The minimum atomic E-state index is -0.0638.